The molecular formula is C20H15ClN6O. The summed E-state index contributed by atoms with van der Waals surface area (Å²) >= 11 is 5.85. The van der Waals surface area contributed by atoms with Crippen molar-refractivity contribution in [2.75, 3.05) is 5.32 Å². The molecule has 28 heavy (non-hydrogen) atoms. The lowest BCUT2D eigenvalue weighted by atomic mass is 9.84. The molecule has 1 aliphatic rings. The Bertz CT molecular complexity index is 1210. The van der Waals surface area contributed by atoms with Crippen LogP contribution < -0.4 is 5.32 Å². The molecule has 1 aromatic carbocycles. The highest BCUT2D eigenvalue weighted by Gasteiger charge is 2.33. The maximum Gasteiger partial charge on any atom is 0.226 e. The number of halogens is 1. The third-order valence-electron chi connectivity index (χ3n) is 5.00. The van der Waals surface area contributed by atoms with Crippen LogP contribution in [0.1, 0.15) is 29.2 Å². The van der Waals surface area contributed by atoms with E-state index in [9.17, 15) is 4.79 Å². The highest BCUT2D eigenvalue weighted by molar-refractivity contribution is 6.29. The van der Waals surface area contributed by atoms with E-state index in [4.69, 9.17) is 11.6 Å². The Morgan fingerprint density at radius 1 is 1.14 bits per heavy atom. The molecule has 0 bridgehead atoms. The fraction of sp³-hybridized carbons (Fsp3) is 0.150. The molecule has 0 saturated heterocycles. The number of anilines is 1. The van der Waals surface area contributed by atoms with Gasteiger partial charge in [0, 0.05) is 29.5 Å². The standard InChI is InChI=1S/C20H15ClN6O/c1-11-19-14(12-8-9-22-15-5-3-2-4-13(12)15)10-18(28)23-20(19)27(26-11)17-7-6-16(21)24-25-17/h2-9,14H,10H2,1H3,(H,23,28)/t14-/m1/s1. The van der Waals surface area contributed by atoms with Gasteiger partial charge in [0.05, 0.1) is 11.2 Å². The zero-order valence-electron chi connectivity index (χ0n) is 14.9. The summed E-state index contributed by atoms with van der Waals surface area (Å²) in [6, 6.07) is 13.3. The second-order valence-electron chi connectivity index (χ2n) is 6.70. The van der Waals surface area contributed by atoms with Crippen LogP contribution in [-0.2, 0) is 4.79 Å². The first-order valence-corrected chi connectivity index (χ1v) is 9.22. The molecule has 138 valence electrons. The number of nitrogens with one attached hydrogen (secondary N) is 1. The number of pyridine rings is 1. The number of para-hydroxylation sites is 1. The smallest absolute Gasteiger partial charge is 0.226 e. The topological polar surface area (TPSA) is 85.6 Å². The van der Waals surface area contributed by atoms with Crippen LogP contribution in [0.2, 0.25) is 5.15 Å². The summed E-state index contributed by atoms with van der Waals surface area (Å²) in [5.41, 5.74) is 3.78. The lowest BCUT2D eigenvalue weighted by Crippen LogP contribution is -2.25. The van der Waals surface area contributed by atoms with Crippen LogP contribution in [0.5, 0.6) is 0 Å². The van der Waals surface area contributed by atoms with Crippen molar-refractivity contribution >= 4 is 34.2 Å². The number of hydrogen-bond acceptors (Lipinski definition) is 5. The molecule has 0 radical (unpaired) electrons. The zero-order valence-corrected chi connectivity index (χ0v) is 15.7. The van der Waals surface area contributed by atoms with Crippen molar-refractivity contribution in [3.8, 4) is 5.82 Å². The molecular weight excluding hydrogens is 376 g/mol. The average Bonchev–Trinajstić information content (AvgIpc) is 3.04. The Labute approximate surface area is 165 Å². The number of amides is 1. The van der Waals surface area contributed by atoms with Crippen molar-refractivity contribution in [2.45, 2.75) is 19.3 Å². The van der Waals surface area contributed by atoms with Gasteiger partial charge in [0.2, 0.25) is 5.91 Å². The fourth-order valence-electron chi connectivity index (χ4n) is 3.82. The number of aromatic nitrogens is 5. The molecule has 0 fully saturated rings. The fourth-order valence-corrected chi connectivity index (χ4v) is 3.92. The quantitative estimate of drug-likeness (QED) is 0.564. The van der Waals surface area contributed by atoms with Gasteiger partial charge in [-0.2, -0.15) is 9.78 Å². The van der Waals surface area contributed by atoms with Crippen LogP contribution in [0.15, 0.2) is 48.7 Å². The Morgan fingerprint density at radius 3 is 2.82 bits per heavy atom. The van der Waals surface area contributed by atoms with Gasteiger partial charge in [-0.05, 0) is 36.8 Å². The number of fused-ring (bicyclic) bond motifs is 2. The van der Waals surface area contributed by atoms with Crippen LogP contribution in [0.25, 0.3) is 16.7 Å². The summed E-state index contributed by atoms with van der Waals surface area (Å²) in [7, 11) is 0. The van der Waals surface area contributed by atoms with E-state index in [2.05, 4.69) is 25.6 Å². The first-order valence-electron chi connectivity index (χ1n) is 8.84. The summed E-state index contributed by atoms with van der Waals surface area (Å²) in [6.45, 7) is 1.94. The Hall–Kier alpha value is -3.32. The second kappa shape index (κ2) is 6.38. The summed E-state index contributed by atoms with van der Waals surface area (Å²) in [4.78, 5) is 17.0. The van der Waals surface area contributed by atoms with Crippen molar-refractivity contribution in [1.82, 2.24) is 25.0 Å². The minimum Gasteiger partial charge on any atom is -0.310 e. The Kier molecular flexibility index (Phi) is 3.84. The lowest BCUT2D eigenvalue weighted by Gasteiger charge is -2.25. The number of carbonyl (C=O) groups excluding carboxylic acids is 1. The van der Waals surface area contributed by atoms with E-state index in [1.807, 2.05) is 37.3 Å². The first-order chi connectivity index (χ1) is 13.6. The maximum atomic E-state index is 12.6. The van der Waals surface area contributed by atoms with Crippen molar-refractivity contribution in [1.29, 1.82) is 0 Å². The van der Waals surface area contributed by atoms with Crippen LogP contribution >= 0.6 is 11.6 Å². The van der Waals surface area contributed by atoms with E-state index in [-0.39, 0.29) is 11.8 Å². The van der Waals surface area contributed by atoms with Crippen molar-refractivity contribution < 1.29 is 4.79 Å². The number of hydrogen-bond donors (Lipinski definition) is 1. The van der Waals surface area contributed by atoms with Gasteiger partial charge in [-0.15, -0.1) is 10.2 Å². The number of rotatable bonds is 2. The Balaban J connectivity index is 1.72. The highest BCUT2D eigenvalue weighted by atomic mass is 35.5. The summed E-state index contributed by atoms with van der Waals surface area (Å²) in [6.07, 6.45) is 2.13. The van der Waals surface area contributed by atoms with Crippen LogP contribution in [-0.4, -0.2) is 30.9 Å². The van der Waals surface area contributed by atoms with Gasteiger partial charge in [0.25, 0.3) is 0 Å². The molecule has 8 heteroatoms. The molecule has 4 heterocycles. The van der Waals surface area contributed by atoms with E-state index in [0.717, 1.165) is 27.7 Å². The molecule has 0 aliphatic carbocycles. The molecule has 1 atom stereocenters. The largest absolute Gasteiger partial charge is 0.310 e. The van der Waals surface area contributed by atoms with Gasteiger partial charge in [-0.1, -0.05) is 29.8 Å². The van der Waals surface area contributed by atoms with E-state index < -0.39 is 0 Å². The number of nitrogens with zero attached hydrogens (tertiary/aromatic N) is 5. The van der Waals surface area contributed by atoms with Crippen LogP contribution in [0.4, 0.5) is 5.82 Å². The van der Waals surface area contributed by atoms with Crippen molar-refractivity contribution in [3.63, 3.8) is 0 Å². The molecule has 0 saturated carbocycles. The molecule has 0 unspecified atom stereocenters. The van der Waals surface area contributed by atoms with Crippen LogP contribution in [0, 0.1) is 6.92 Å². The molecule has 1 aliphatic heterocycles. The van der Waals surface area contributed by atoms with Crippen molar-refractivity contribution in [2.24, 2.45) is 0 Å². The second-order valence-corrected chi connectivity index (χ2v) is 7.08. The van der Waals surface area contributed by atoms with Gasteiger partial charge in [-0.25, -0.2) is 0 Å². The highest BCUT2D eigenvalue weighted by Crippen LogP contribution is 2.41. The third kappa shape index (κ3) is 2.63. The minimum atomic E-state index is -0.120. The molecule has 3 aromatic heterocycles. The Morgan fingerprint density at radius 2 is 2.00 bits per heavy atom. The maximum absolute atomic E-state index is 12.6. The van der Waals surface area contributed by atoms with E-state index in [1.54, 1.807) is 23.0 Å². The molecule has 7 nitrogen and oxygen atoms in total. The van der Waals surface area contributed by atoms with Gasteiger partial charge < -0.3 is 5.32 Å². The molecule has 4 aromatic rings. The van der Waals surface area contributed by atoms with Gasteiger partial charge >= 0.3 is 0 Å². The molecule has 5 rings (SSSR count). The molecule has 1 amide bonds. The number of benzene rings is 1. The summed E-state index contributed by atoms with van der Waals surface area (Å²) in [5.74, 6) is 0.928. The van der Waals surface area contributed by atoms with Crippen molar-refractivity contribution in [3.05, 3.63) is 70.6 Å². The summed E-state index contributed by atoms with van der Waals surface area (Å²) in [5, 5.41) is 16.9. The zero-order chi connectivity index (χ0) is 19.3. The monoisotopic (exact) mass is 390 g/mol. The molecule has 1 N–H and O–H groups in total. The predicted molar refractivity (Wildman–Crippen MR) is 106 cm³/mol. The van der Waals surface area contributed by atoms with E-state index in [1.165, 1.54) is 0 Å². The normalized spacial score (nSPS) is 16.1. The number of aryl methyl sites for hydroxylation is 1. The van der Waals surface area contributed by atoms with Gasteiger partial charge in [0.15, 0.2) is 11.0 Å². The average molecular weight is 391 g/mol. The van der Waals surface area contributed by atoms with Crippen LogP contribution in [0.3, 0.4) is 0 Å². The van der Waals surface area contributed by atoms with Gasteiger partial charge in [0.1, 0.15) is 5.82 Å². The first kappa shape index (κ1) is 16.8. The third-order valence-corrected chi connectivity index (χ3v) is 5.20. The van der Waals surface area contributed by atoms with Gasteiger partial charge in [-0.3, -0.25) is 9.78 Å². The molecule has 0 spiro atoms. The minimum absolute atomic E-state index is 0.0681. The summed E-state index contributed by atoms with van der Waals surface area (Å²) < 4.78 is 1.61. The van der Waals surface area contributed by atoms with E-state index >= 15 is 0 Å². The lowest BCUT2D eigenvalue weighted by molar-refractivity contribution is -0.116. The number of carbonyl (C=O) groups is 1. The van der Waals surface area contributed by atoms with E-state index in [0.29, 0.717) is 23.2 Å². The predicted octanol–water partition coefficient (Wildman–Crippen LogP) is 3.65. The SMILES string of the molecule is Cc1nn(-c2ccc(Cl)nn2)c2c1[C@@H](c1ccnc3ccccc13)CC(=O)N2.